The summed E-state index contributed by atoms with van der Waals surface area (Å²) in [5, 5.41) is 3.14. The zero-order chi connectivity index (χ0) is 10.7. The molecular formula is C12H19N3. The first kappa shape index (κ1) is 10.6. The summed E-state index contributed by atoms with van der Waals surface area (Å²) in [4.78, 5) is 8.98. The Labute approximate surface area is 91.3 Å². The van der Waals surface area contributed by atoms with Gasteiger partial charge in [0, 0.05) is 18.2 Å². The van der Waals surface area contributed by atoms with Crippen molar-refractivity contribution in [3.05, 3.63) is 23.3 Å². The molecule has 0 amide bonds. The summed E-state index contributed by atoms with van der Waals surface area (Å²) in [5.41, 5.74) is 2.37. The van der Waals surface area contributed by atoms with Gasteiger partial charge in [0.1, 0.15) is 5.82 Å². The Balaban J connectivity index is 2.22. The fraction of sp³-hybridized carbons (Fsp3) is 0.667. The second-order valence-electron chi connectivity index (χ2n) is 4.34. The Morgan fingerprint density at radius 2 is 2.07 bits per heavy atom. The van der Waals surface area contributed by atoms with Gasteiger partial charge in [-0.1, -0.05) is 12.8 Å². The van der Waals surface area contributed by atoms with Crippen LogP contribution in [0.2, 0.25) is 0 Å². The fourth-order valence-electron chi connectivity index (χ4n) is 2.36. The molecule has 1 aliphatic carbocycles. The van der Waals surface area contributed by atoms with Crippen LogP contribution in [0.1, 0.15) is 48.8 Å². The fourth-order valence-corrected chi connectivity index (χ4v) is 2.36. The molecule has 1 aliphatic rings. The van der Waals surface area contributed by atoms with Gasteiger partial charge in [-0.05, 0) is 32.9 Å². The molecule has 1 aromatic rings. The molecule has 0 saturated heterocycles. The molecule has 0 unspecified atom stereocenters. The van der Waals surface area contributed by atoms with Crippen LogP contribution in [0.4, 0.5) is 0 Å². The van der Waals surface area contributed by atoms with E-state index in [2.05, 4.69) is 21.4 Å². The van der Waals surface area contributed by atoms with E-state index in [9.17, 15) is 0 Å². The average molecular weight is 205 g/mol. The lowest BCUT2D eigenvalue weighted by Crippen LogP contribution is -2.10. The van der Waals surface area contributed by atoms with E-state index in [4.69, 9.17) is 0 Å². The van der Waals surface area contributed by atoms with Gasteiger partial charge in [-0.3, -0.25) is 0 Å². The first-order valence-electron chi connectivity index (χ1n) is 5.78. The molecule has 0 aliphatic heterocycles. The molecule has 1 heterocycles. The zero-order valence-electron chi connectivity index (χ0n) is 9.58. The molecule has 1 N–H and O–H groups in total. The summed E-state index contributed by atoms with van der Waals surface area (Å²) in [6, 6.07) is 2.17. The van der Waals surface area contributed by atoms with E-state index >= 15 is 0 Å². The molecule has 1 aromatic heterocycles. The first-order chi connectivity index (χ1) is 7.29. The van der Waals surface area contributed by atoms with Crippen LogP contribution >= 0.6 is 0 Å². The van der Waals surface area contributed by atoms with E-state index in [1.165, 1.54) is 31.4 Å². The van der Waals surface area contributed by atoms with Crippen LogP contribution in [-0.2, 0) is 6.54 Å². The number of nitrogens with zero attached hydrogens (tertiary/aromatic N) is 2. The molecule has 0 radical (unpaired) electrons. The van der Waals surface area contributed by atoms with Gasteiger partial charge in [0.05, 0.1) is 5.69 Å². The number of hydrogen-bond donors (Lipinski definition) is 1. The second-order valence-corrected chi connectivity index (χ2v) is 4.34. The van der Waals surface area contributed by atoms with Crippen LogP contribution in [-0.4, -0.2) is 17.0 Å². The predicted octanol–water partition coefficient (Wildman–Crippen LogP) is 2.16. The van der Waals surface area contributed by atoms with Gasteiger partial charge < -0.3 is 5.32 Å². The standard InChI is InChI=1S/C12H19N3/c1-9-14-11(8-13-2)7-12(15-9)10-5-3-4-6-10/h7,10,13H,3-6,8H2,1-2H3. The van der Waals surface area contributed by atoms with Crippen molar-refractivity contribution in [2.45, 2.75) is 45.1 Å². The summed E-state index contributed by atoms with van der Waals surface area (Å²) < 4.78 is 0. The quantitative estimate of drug-likeness (QED) is 0.821. The minimum atomic E-state index is 0.683. The minimum absolute atomic E-state index is 0.683. The topological polar surface area (TPSA) is 37.8 Å². The van der Waals surface area contributed by atoms with E-state index in [-0.39, 0.29) is 0 Å². The van der Waals surface area contributed by atoms with Gasteiger partial charge in [0.25, 0.3) is 0 Å². The molecule has 3 nitrogen and oxygen atoms in total. The number of aryl methyl sites for hydroxylation is 1. The van der Waals surface area contributed by atoms with Gasteiger partial charge in [-0.15, -0.1) is 0 Å². The van der Waals surface area contributed by atoms with Crippen LogP contribution in [0, 0.1) is 6.92 Å². The van der Waals surface area contributed by atoms with Crippen LogP contribution < -0.4 is 5.32 Å². The number of rotatable bonds is 3. The van der Waals surface area contributed by atoms with Gasteiger partial charge in [0.15, 0.2) is 0 Å². The molecule has 0 atom stereocenters. The van der Waals surface area contributed by atoms with Gasteiger partial charge >= 0.3 is 0 Å². The smallest absolute Gasteiger partial charge is 0.125 e. The molecular weight excluding hydrogens is 186 g/mol. The Morgan fingerprint density at radius 1 is 1.33 bits per heavy atom. The van der Waals surface area contributed by atoms with Crippen LogP contribution in [0.3, 0.4) is 0 Å². The van der Waals surface area contributed by atoms with Crippen LogP contribution in [0.25, 0.3) is 0 Å². The van der Waals surface area contributed by atoms with E-state index in [1.807, 2.05) is 14.0 Å². The SMILES string of the molecule is CNCc1cc(C2CCCC2)nc(C)n1. The van der Waals surface area contributed by atoms with Crippen molar-refractivity contribution in [3.63, 3.8) is 0 Å². The summed E-state index contributed by atoms with van der Waals surface area (Å²) in [7, 11) is 1.95. The summed E-state index contributed by atoms with van der Waals surface area (Å²) in [6.45, 7) is 2.82. The van der Waals surface area contributed by atoms with Crippen LogP contribution in [0.5, 0.6) is 0 Å². The first-order valence-corrected chi connectivity index (χ1v) is 5.78. The minimum Gasteiger partial charge on any atom is -0.314 e. The maximum atomic E-state index is 4.56. The van der Waals surface area contributed by atoms with Gasteiger partial charge in [0.2, 0.25) is 0 Å². The van der Waals surface area contributed by atoms with Crippen molar-refractivity contribution >= 4 is 0 Å². The Kier molecular flexibility index (Phi) is 3.31. The van der Waals surface area contributed by atoms with E-state index in [1.54, 1.807) is 0 Å². The van der Waals surface area contributed by atoms with Crippen molar-refractivity contribution in [1.82, 2.24) is 15.3 Å². The summed E-state index contributed by atoms with van der Waals surface area (Å²) in [6.07, 6.45) is 5.31. The summed E-state index contributed by atoms with van der Waals surface area (Å²) >= 11 is 0. The highest BCUT2D eigenvalue weighted by Gasteiger charge is 2.19. The Hall–Kier alpha value is -0.960. The number of hydrogen-bond acceptors (Lipinski definition) is 3. The lowest BCUT2D eigenvalue weighted by Gasteiger charge is -2.10. The number of aromatic nitrogens is 2. The third kappa shape index (κ3) is 2.53. The monoisotopic (exact) mass is 205 g/mol. The highest BCUT2D eigenvalue weighted by molar-refractivity contribution is 5.16. The molecule has 82 valence electrons. The third-order valence-corrected chi connectivity index (χ3v) is 3.04. The largest absolute Gasteiger partial charge is 0.314 e. The molecule has 1 saturated carbocycles. The predicted molar refractivity (Wildman–Crippen MR) is 60.7 cm³/mol. The molecule has 15 heavy (non-hydrogen) atoms. The van der Waals surface area contributed by atoms with Crippen LogP contribution in [0.15, 0.2) is 6.07 Å². The van der Waals surface area contributed by atoms with E-state index < -0.39 is 0 Å². The molecule has 0 bridgehead atoms. The maximum Gasteiger partial charge on any atom is 0.125 e. The second kappa shape index (κ2) is 4.71. The van der Waals surface area contributed by atoms with Gasteiger partial charge in [-0.25, -0.2) is 9.97 Å². The Bertz CT molecular complexity index is 330. The summed E-state index contributed by atoms with van der Waals surface area (Å²) in [5.74, 6) is 1.59. The van der Waals surface area contributed by atoms with Crippen molar-refractivity contribution in [2.75, 3.05) is 7.05 Å². The zero-order valence-corrected chi connectivity index (χ0v) is 9.58. The Morgan fingerprint density at radius 3 is 2.73 bits per heavy atom. The molecule has 2 rings (SSSR count). The molecule has 0 aromatic carbocycles. The molecule has 0 spiro atoms. The van der Waals surface area contributed by atoms with Crippen molar-refractivity contribution in [2.24, 2.45) is 0 Å². The average Bonchev–Trinajstić information content (AvgIpc) is 2.70. The van der Waals surface area contributed by atoms with Gasteiger partial charge in [-0.2, -0.15) is 0 Å². The lowest BCUT2D eigenvalue weighted by atomic mass is 10.0. The highest BCUT2D eigenvalue weighted by atomic mass is 14.9. The molecule has 3 heteroatoms. The highest BCUT2D eigenvalue weighted by Crippen LogP contribution is 2.33. The van der Waals surface area contributed by atoms with E-state index in [0.717, 1.165) is 18.1 Å². The third-order valence-electron chi connectivity index (χ3n) is 3.04. The van der Waals surface area contributed by atoms with Crippen molar-refractivity contribution < 1.29 is 0 Å². The lowest BCUT2D eigenvalue weighted by molar-refractivity contribution is 0.677. The van der Waals surface area contributed by atoms with Crippen molar-refractivity contribution in [3.8, 4) is 0 Å². The van der Waals surface area contributed by atoms with E-state index in [0.29, 0.717) is 5.92 Å². The molecule has 1 fully saturated rings. The maximum absolute atomic E-state index is 4.56. The number of nitrogens with one attached hydrogen (secondary N) is 1. The normalized spacial score (nSPS) is 17.2. The van der Waals surface area contributed by atoms with Crippen molar-refractivity contribution in [1.29, 1.82) is 0 Å².